The third kappa shape index (κ3) is 3.07. The molecule has 18 heavy (non-hydrogen) atoms. The van der Waals surface area contributed by atoms with E-state index in [1.54, 1.807) is 6.33 Å². The summed E-state index contributed by atoms with van der Waals surface area (Å²) in [6.07, 6.45) is 6.75. The molecule has 100 valence electrons. The van der Waals surface area contributed by atoms with Gasteiger partial charge in [-0.3, -0.25) is 9.69 Å². The molecular formula is C12H20N4O2. The van der Waals surface area contributed by atoms with Crippen LogP contribution in [0.3, 0.4) is 0 Å². The van der Waals surface area contributed by atoms with Crippen molar-refractivity contribution in [1.29, 1.82) is 0 Å². The van der Waals surface area contributed by atoms with Gasteiger partial charge in [-0.15, -0.1) is 10.2 Å². The second kappa shape index (κ2) is 5.95. The zero-order chi connectivity index (χ0) is 13.0. The highest BCUT2D eigenvalue weighted by molar-refractivity contribution is 5.73. The van der Waals surface area contributed by atoms with Crippen LogP contribution in [0.25, 0.3) is 0 Å². The van der Waals surface area contributed by atoms with Crippen molar-refractivity contribution in [3.05, 3.63) is 12.2 Å². The van der Waals surface area contributed by atoms with E-state index in [9.17, 15) is 9.90 Å². The van der Waals surface area contributed by atoms with Crippen LogP contribution in [0.4, 0.5) is 0 Å². The van der Waals surface area contributed by atoms with Gasteiger partial charge in [0.25, 0.3) is 0 Å². The Hall–Kier alpha value is -1.43. The molecule has 1 saturated heterocycles. The molecule has 0 bridgehead atoms. The molecule has 0 amide bonds. The van der Waals surface area contributed by atoms with Gasteiger partial charge in [0.05, 0.1) is 6.54 Å². The molecule has 1 unspecified atom stereocenters. The van der Waals surface area contributed by atoms with E-state index in [0.29, 0.717) is 6.54 Å². The van der Waals surface area contributed by atoms with Crippen LogP contribution in [0.5, 0.6) is 0 Å². The molecular weight excluding hydrogens is 232 g/mol. The monoisotopic (exact) mass is 252 g/mol. The predicted molar refractivity (Wildman–Crippen MR) is 65.9 cm³/mol. The van der Waals surface area contributed by atoms with Crippen molar-refractivity contribution in [2.24, 2.45) is 7.05 Å². The summed E-state index contributed by atoms with van der Waals surface area (Å²) >= 11 is 0. The highest BCUT2D eigenvalue weighted by Crippen LogP contribution is 2.18. The Morgan fingerprint density at radius 2 is 2.22 bits per heavy atom. The van der Waals surface area contributed by atoms with E-state index in [4.69, 9.17) is 0 Å². The molecule has 0 radical (unpaired) electrons. The van der Waals surface area contributed by atoms with Gasteiger partial charge in [-0.25, -0.2) is 0 Å². The summed E-state index contributed by atoms with van der Waals surface area (Å²) < 4.78 is 1.84. The minimum Gasteiger partial charge on any atom is -0.480 e. The Morgan fingerprint density at radius 3 is 2.89 bits per heavy atom. The summed E-state index contributed by atoms with van der Waals surface area (Å²) in [4.78, 5) is 13.4. The van der Waals surface area contributed by atoms with Crippen LogP contribution in [0.2, 0.25) is 0 Å². The Kier molecular flexibility index (Phi) is 4.30. The first kappa shape index (κ1) is 13.0. The molecule has 1 aliphatic heterocycles. The first-order valence-corrected chi connectivity index (χ1v) is 6.48. The highest BCUT2D eigenvalue weighted by Gasteiger charge is 2.27. The molecule has 6 nitrogen and oxygen atoms in total. The first-order valence-electron chi connectivity index (χ1n) is 6.48. The van der Waals surface area contributed by atoms with Gasteiger partial charge in [-0.2, -0.15) is 0 Å². The van der Waals surface area contributed by atoms with Crippen LogP contribution in [0, 0.1) is 0 Å². The van der Waals surface area contributed by atoms with Crippen LogP contribution >= 0.6 is 0 Å². The maximum absolute atomic E-state index is 11.4. The lowest BCUT2D eigenvalue weighted by atomic mass is 10.0. The topological polar surface area (TPSA) is 71.2 Å². The van der Waals surface area contributed by atoms with Gasteiger partial charge in [0.15, 0.2) is 0 Å². The summed E-state index contributed by atoms with van der Waals surface area (Å²) in [6.45, 7) is 1.39. The number of hydrogen-bond donors (Lipinski definition) is 1. The van der Waals surface area contributed by atoms with E-state index in [-0.39, 0.29) is 6.04 Å². The summed E-state index contributed by atoms with van der Waals surface area (Å²) in [6, 6.07) is -0.387. The van der Waals surface area contributed by atoms with E-state index < -0.39 is 5.97 Å². The smallest absolute Gasteiger partial charge is 0.320 e. The average molecular weight is 252 g/mol. The average Bonchev–Trinajstić information content (AvgIpc) is 2.68. The van der Waals surface area contributed by atoms with Gasteiger partial charge in [0.2, 0.25) is 0 Å². The second-order valence-electron chi connectivity index (χ2n) is 4.89. The second-order valence-corrected chi connectivity index (χ2v) is 4.89. The maximum Gasteiger partial charge on any atom is 0.320 e. The van der Waals surface area contributed by atoms with Gasteiger partial charge in [-0.05, 0) is 19.4 Å². The summed E-state index contributed by atoms with van der Waals surface area (Å²) in [5, 5.41) is 17.2. The number of carbonyl (C=O) groups is 1. The zero-order valence-electron chi connectivity index (χ0n) is 10.7. The van der Waals surface area contributed by atoms with Crippen LogP contribution in [-0.4, -0.2) is 43.3 Å². The molecule has 0 saturated carbocycles. The highest BCUT2D eigenvalue weighted by atomic mass is 16.4. The Labute approximate surface area is 107 Å². The van der Waals surface area contributed by atoms with Crippen molar-refractivity contribution < 1.29 is 9.90 Å². The molecule has 2 rings (SSSR count). The fourth-order valence-electron chi connectivity index (χ4n) is 2.45. The minimum atomic E-state index is -0.723. The van der Waals surface area contributed by atoms with Gasteiger partial charge in [0, 0.05) is 7.05 Å². The summed E-state index contributed by atoms with van der Waals surface area (Å²) in [5.74, 6) is 0.0980. The summed E-state index contributed by atoms with van der Waals surface area (Å²) in [5.41, 5.74) is 0. The van der Waals surface area contributed by atoms with Crippen LogP contribution in [0.15, 0.2) is 6.33 Å². The number of aliphatic carboxylic acids is 1. The zero-order valence-corrected chi connectivity index (χ0v) is 10.7. The van der Waals surface area contributed by atoms with Gasteiger partial charge in [0.1, 0.15) is 18.2 Å². The number of likely N-dealkylation sites (tertiary alicyclic amines) is 1. The summed E-state index contributed by atoms with van der Waals surface area (Å²) in [7, 11) is 1.88. The molecule has 1 N–H and O–H groups in total. The molecule has 1 fully saturated rings. The Bertz CT molecular complexity index is 405. The fourth-order valence-corrected chi connectivity index (χ4v) is 2.45. The van der Waals surface area contributed by atoms with Crippen molar-refractivity contribution in [2.45, 2.75) is 44.7 Å². The number of rotatable bonds is 3. The molecule has 0 spiro atoms. The molecule has 6 heteroatoms. The number of hydrogen-bond acceptors (Lipinski definition) is 4. The molecule has 1 atom stereocenters. The van der Waals surface area contributed by atoms with Crippen LogP contribution in [0.1, 0.15) is 37.9 Å². The fraction of sp³-hybridized carbons (Fsp3) is 0.750. The number of nitrogens with zero attached hydrogens (tertiary/aromatic N) is 4. The van der Waals surface area contributed by atoms with E-state index in [0.717, 1.165) is 38.1 Å². The molecule has 0 aliphatic carbocycles. The normalized spacial score (nSPS) is 22.4. The SMILES string of the molecule is Cn1cnnc1CN1CCCCCCC1C(=O)O. The van der Waals surface area contributed by atoms with Gasteiger partial charge in [-0.1, -0.05) is 19.3 Å². The van der Waals surface area contributed by atoms with E-state index >= 15 is 0 Å². The number of carboxylic acid groups (broad SMARTS) is 1. The van der Waals surface area contributed by atoms with E-state index in [2.05, 4.69) is 10.2 Å². The Balaban J connectivity index is 2.09. The van der Waals surface area contributed by atoms with Crippen LogP contribution in [-0.2, 0) is 18.4 Å². The number of aryl methyl sites for hydroxylation is 1. The maximum atomic E-state index is 11.4. The molecule has 2 heterocycles. The van der Waals surface area contributed by atoms with Crippen LogP contribution < -0.4 is 0 Å². The Morgan fingerprint density at radius 1 is 1.44 bits per heavy atom. The largest absolute Gasteiger partial charge is 0.480 e. The number of aromatic nitrogens is 3. The third-order valence-corrected chi connectivity index (χ3v) is 3.55. The van der Waals surface area contributed by atoms with Crippen molar-refractivity contribution in [3.63, 3.8) is 0 Å². The minimum absolute atomic E-state index is 0.387. The van der Waals surface area contributed by atoms with Crippen molar-refractivity contribution in [2.75, 3.05) is 6.54 Å². The molecule has 1 aromatic heterocycles. The van der Waals surface area contributed by atoms with Crippen molar-refractivity contribution in [1.82, 2.24) is 19.7 Å². The predicted octanol–water partition coefficient (Wildman–Crippen LogP) is 1.03. The van der Waals surface area contributed by atoms with Gasteiger partial charge < -0.3 is 9.67 Å². The lowest BCUT2D eigenvalue weighted by molar-refractivity contribution is -0.144. The molecule has 1 aliphatic rings. The third-order valence-electron chi connectivity index (χ3n) is 3.55. The standard InChI is InChI=1S/C12H20N4O2/c1-15-9-13-14-11(15)8-16-7-5-3-2-4-6-10(16)12(17)18/h9-10H,2-8H2,1H3,(H,17,18). The lowest BCUT2D eigenvalue weighted by Gasteiger charge is -2.30. The van der Waals surface area contributed by atoms with Gasteiger partial charge >= 0.3 is 5.97 Å². The lowest BCUT2D eigenvalue weighted by Crippen LogP contribution is -2.42. The van der Waals surface area contributed by atoms with E-state index in [1.807, 2.05) is 16.5 Å². The number of carboxylic acids is 1. The quantitative estimate of drug-likeness (QED) is 0.870. The first-order chi connectivity index (χ1) is 8.68. The molecule has 0 aromatic carbocycles. The van der Waals surface area contributed by atoms with Crippen molar-refractivity contribution in [3.8, 4) is 0 Å². The van der Waals surface area contributed by atoms with Crippen molar-refractivity contribution >= 4 is 5.97 Å². The molecule has 1 aromatic rings. The van der Waals surface area contributed by atoms with E-state index in [1.165, 1.54) is 6.42 Å².